The molecule has 1 atom stereocenters. The lowest BCUT2D eigenvalue weighted by Crippen LogP contribution is -1.95. The minimum atomic E-state index is 0.467. The van der Waals surface area contributed by atoms with Gasteiger partial charge in [-0.25, -0.2) is 0 Å². The Kier molecular flexibility index (Phi) is 5.17. The first-order valence-electron chi connectivity index (χ1n) is 7.00. The third-order valence-corrected chi connectivity index (χ3v) is 3.52. The average Bonchev–Trinajstić information content (AvgIpc) is 2.45. The molecule has 0 aliphatic heterocycles. The van der Waals surface area contributed by atoms with Gasteiger partial charge in [-0.1, -0.05) is 68.4 Å². The molecule has 90 valence electrons. The molecular weight excluding hydrogens is 204 g/mol. The van der Waals surface area contributed by atoms with Gasteiger partial charge in [-0.2, -0.15) is 0 Å². The Labute approximate surface area is 105 Å². The van der Waals surface area contributed by atoms with Crippen molar-refractivity contribution in [3.63, 3.8) is 0 Å². The van der Waals surface area contributed by atoms with Gasteiger partial charge in [0.15, 0.2) is 0 Å². The fourth-order valence-electron chi connectivity index (χ4n) is 2.47. The molecule has 17 heavy (non-hydrogen) atoms. The van der Waals surface area contributed by atoms with Crippen molar-refractivity contribution in [3.05, 3.63) is 35.9 Å². The van der Waals surface area contributed by atoms with Crippen LogP contribution in [0.25, 0.3) is 0 Å². The Morgan fingerprint density at radius 3 is 2.35 bits per heavy atom. The molecule has 1 aromatic rings. The fraction of sp³-hybridized carbons (Fsp3) is 0.529. The van der Waals surface area contributed by atoms with E-state index in [0.29, 0.717) is 5.92 Å². The van der Waals surface area contributed by atoms with E-state index in [1.54, 1.807) is 0 Å². The van der Waals surface area contributed by atoms with Gasteiger partial charge in [0.25, 0.3) is 0 Å². The monoisotopic (exact) mass is 226 g/mol. The van der Waals surface area contributed by atoms with Crippen LogP contribution in [0.2, 0.25) is 0 Å². The van der Waals surface area contributed by atoms with E-state index in [-0.39, 0.29) is 0 Å². The Bertz CT molecular complexity index is 366. The Morgan fingerprint density at radius 1 is 0.824 bits per heavy atom. The largest absolute Gasteiger partial charge is 0.103 e. The molecule has 0 radical (unpaired) electrons. The van der Waals surface area contributed by atoms with Crippen molar-refractivity contribution in [2.45, 2.75) is 57.3 Å². The Balaban J connectivity index is 2.04. The summed E-state index contributed by atoms with van der Waals surface area (Å²) in [6, 6.07) is 10.8. The molecule has 0 bridgehead atoms. The van der Waals surface area contributed by atoms with E-state index in [9.17, 15) is 0 Å². The Hall–Kier alpha value is -1.22. The predicted molar refractivity (Wildman–Crippen MR) is 73.9 cm³/mol. The van der Waals surface area contributed by atoms with Crippen LogP contribution in [0.4, 0.5) is 0 Å². The van der Waals surface area contributed by atoms with Crippen LogP contribution in [0, 0.1) is 11.8 Å². The first-order chi connectivity index (χ1) is 8.47. The van der Waals surface area contributed by atoms with Crippen molar-refractivity contribution >= 4 is 0 Å². The normalized spacial score (nSPS) is 22.0. The highest BCUT2D eigenvalue weighted by molar-refractivity contribution is 5.27. The first-order valence-corrected chi connectivity index (χ1v) is 7.00. The van der Waals surface area contributed by atoms with Crippen LogP contribution in [0.15, 0.2) is 30.3 Å². The summed E-state index contributed by atoms with van der Waals surface area (Å²) in [5.41, 5.74) is 1.40. The van der Waals surface area contributed by atoms with Gasteiger partial charge in [0.2, 0.25) is 0 Å². The highest BCUT2D eigenvalue weighted by Crippen LogP contribution is 2.23. The summed E-state index contributed by atoms with van der Waals surface area (Å²) in [6.45, 7) is 0. The van der Waals surface area contributed by atoms with Crippen molar-refractivity contribution in [3.8, 4) is 11.8 Å². The lowest BCUT2D eigenvalue weighted by Gasteiger charge is -2.10. The molecule has 0 spiro atoms. The molecule has 1 aliphatic rings. The van der Waals surface area contributed by atoms with Crippen molar-refractivity contribution in [2.24, 2.45) is 0 Å². The second kappa shape index (κ2) is 7.17. The summed E-state index contributed by atoms with van der Waals surface area (Å²) in [7, 11) is 0. The number of hydrogen-bond donors (Lipinski definition) is 0. The van der Waals surface area contributed by atoms with E-state index in [1.807, 2.05) is 0 Å². The van der Waals surface area contributed by atoms with E-state index < -0.39 is 0 Å². The minimum absolute atomic E-state index is 0.467. The zero-order valence-electron chi connectivity index (χ0n) is 10.6. The van der Waals surface area contributed by atoms with Crippen molar-refractivity contribution < 1.29 is 0 Å². The van der Waals surface area contributed by atoms with E-state index in [4.69, 9.17) is 0 Å². The SMILES string of the molecule is C1#CC(c2ccccc2)CCCCCCCC1. The molecule has 0 N–H and O–H groups in total. The third kappa shape index (κ3) is 4.27. The predicted octanol–water partition coefficient (Wildman–Crippen LogP) is 4.91. The number of rotatable bonds is 1. The number of benzene rings is 1. The van der Waals surface area contributed by atoms with Gasteiger partial charge < -0.3 is 0 Å². The van der Waals surface area contributed by atoms with Gasteiger partial charge >= 0.3 is 0 Å². The van der Waals surface area contributed by atoms with Gasteiger partial charge in [0.05, 0.1) is 0 Å². The molecule has 0 fully saturated rings. The Morgan fingerprint density at radius 2 is 1.53 bits per heavy atom. The molecule has 0 aromatic heterocycles. The highest BCUT2D eigenvalue weighted by atomic mass is 14.1. The third-order valence-electron chi connectivity index (χ3n) is 3.52. The summed E-state index contributed by atoms with van der Waals surface area (Å²) in [5, 5.41) is 0. The molecule has 0 amide bonds. The van der Waals surface area contributed by atoms with E-state index in [2.05, 4.69) is 42.2 Å². The summed E-state index contributed by atoms with van der Waals surface area (Å²) in [4.78, 5) is 0. The standard InChI is InChI=1S/C17H22/c1-2-4-6-9-13-16(12-8-5-3-1)17-14-10-7-11-15-17/h7,10-11,14-16H,1-6,8,12H2. The zero-order chi connectivity index (χ0) is 11.8. The average molecular weight is 226 g/mol. The van der Waals surface area contributed by atoms with Gasteiger partial charge in [-0.05, 0) is 18.4 Å². The van der Waals surface area contributed by atoms with Crippen molar-refractivity contribution in [2.75, 3.05) is 0 Å². The van der Waals surface area contributed by atoms with Crippen LogP contribution in [0.1, 0.15) is 62.8 Å². The molecule has 1 aliphatic carbocycles. The maximum absolute atomic E-state index is 3.48. The summed E-state index contributed by atoms with van der Waals surface area (Å²) in [5.74, 6) is 7.33. The van der Waals surface area contributed by atoms with Crippen molar-refractivity contribution in [1.82, 2.24) is 0 Å². The lowest BCUT2D eigenvalue weighted by atomic mass is 9.93. The zero-order valence-corrected chi connectivity index (χ0v) is 10.6. The number of hydrogen-bond acceptors (Lipinski definition) is 0. The topological polar surface area (TPSA) is 0 Å². The van der Waals surface area contributed by atoms with Gasteiger partial charge in [-0.3, -0.25) is 0 Å². The van der Waals surface area contributed by atoms with E-state index >= 15 is 0 Å². The van der Waals surface area contributed by atoms with Crippen LogP contribution >= 0.6 is 0 Å². The van der Waals surface area contributed by atoms with E-state index in [0.717, 1.165) is 6.42 Å². The molecule has 0 heterocycles. The highest BCUT2D eigenvalue weighted by Gasteiger charge is 2.07. The first kappa shape index (κ1) is 12.2. The summed E-state index contributed by atoms with van der Waals surface area (Å²) in [6.07, 6.45) is 10.5. The minimum Gasteiger partial charge on any atom is -0.103 e. The van der Waals surface area contributed by atoms with Crippen LogP contribution in [-0.4, -0.2) is 0 Å². The maximum atomic E-state index is 3.48. The molecule has 1 aromatic carbocycles. The van der Waals surface area contributed by atoms with Gasteiger partial charge in [0.1, 0.15) is 0 Å². The second-order valence-electron chi connectivity index (χ2n) is 4.94. The van der Waals surface area contributed by atoms with Gasteiger partial charge in [0, 0.05) is 12.3 Å². The van der Waals surface area contributed by atoms with Crippen molar-refractivity contribution in [1.29, 1.82) is 0 Å². The van der Waals surface area contributed by atoms with Crippen LogP contribution in [0.5, 0.6) is 0 Å². The molecule has 0 nitrogen and oxygen atoms in total. The smallest absolute Gasteiger partial charge is 0.0452 e. The molecule has 2 rings (SSSR count). The molecule has 1 unspecified atom stereocenters. The summed E-state index contributed by atoms with van der Waals surface area (Å²) < 4.78 is 0. The molecule has 0 heteroatoms. The fourth-order valence-corrected chi connectivity index (χ4v) is 2.47. The van der Waals surface area contributed by atoms with Gasteiger partial charge in [-0.15, -0.1) is 5.92 Å². The summed E-state index contributed by atoms with van der Waals surface area (Å²) >= 11 is 0. The maximum Gasteiger partial charge on any atom is 0.0452 e. The molecular formula is C17H22. The van der Waals surface area contributed by atoms with Crippen LogP contribution in [0.3, 0.4) is 0 Å². The molecule has 0 saturated heterocycles. The lowest BCUT2D eigenvalue weighted by molar-refractivity contribution is 0.576. The second-order valence-corrected chi connectivity index (χ2v) is 4.94. The van der Waals surface area contributed by atoms with E-state index in [1.165, 1.54) is 50.5 Å². The molecule has 0 saturated carbocycles. The van der Waals surface area contributed by atoms with Crippen LogP contribution < -0.4 is 0 Å². The van der Waals surface area contributed by atoms with Crippen LogP contribution in [-0.2, 0) is 0 Å². The quantitative estimate of drug-likeness (QED) is 0.597.